The Morgan fingerprint density at radius 2 is 2.04 bits per heavy atom. The number of fused-ring (bicyclic) bond motifs is 1. The zero-order chi connectivity index (χ0) is 19.4. The normalized spacial score (nSPS) is 10.9. The van der Waals surface area contributed by atoms with Crippen LogP contribution < -0.4 is 15.6 Å². The Balaban J connectivity index is 1.90. The van der Waals surface area contributed by atoms with Gasteiger partial charge in [0.15, 0.2) is 0 Å². The summed E-state index contributed by atoms with van der Waals surface area (Å²) in [5.74, 6) is 0.875. The quantitative estimate of drug-likeness (QED) is 0.586. The first kappa shape index (κ1) is 18.6. The molecule has 0 radical (unpaired) electrons. The predicted octanol–water partition coefficient (Wildman–Crippen LogP) is 3.21. The SMILES string of the molecule is CCCCc1c(O)nc(Nc2nc(C)c3cc(OCC)ccc3n2)[nH]c1=O. The summed E-state index contributed by atoms with van der Waals surface area (Å²) in [6.45, 7) is 6.40. The van der Waals surface area contributed by atoms with Gasteiger partial charge in [-0.3, -0.25) is 15.1 Å². The number of hydrogen-bond acceptors (Lipinski definition) is 7. The zero-order valence-electron chi connectivity index (χ0n) is 15.7. The van der Waals surface area contributed by atoms with Crippen molar-refractivity contribution >= 4 is 22.8 Å². The van der Waals surface area contributed by atoms with Crippen LogP contribution in [0.4, 0.5) is 11.9 Å². The van der Waals surface area contributed by atoms with Gasteiger partial charge in [0.1, 0.15) is 5.75 Å². The second-order valence-corrected chi connectivity index (χ2v) is 6.19. The van der Waals surface area contributed by atoms with Gasteiger partial charge in [-0.2, -0.15) is 4.98 Å². The van der Waals surface area contributed by atoms with Crippen LogP contribution in [-0.4, -0.2) is 31.6 Å². The predicted molar refractivity (Wildman–Crippen MR) is 104 cm³/mol. The van der Waals surface area contributed by atoms with Crippen molar-refractivity contribution in [3.63, 3.8) is 0 Å². The summed E-state index contributed by atoms with van der Waals surface area (Å²) < 4.78 is 5.51. The van der Waals surface area contributed by atoms with E-state index in [0.717, 1.165) is 35.2 Å². The molecule has 2 aromatic heterocycles. The minimum Gasteiger partial charge on any atom is -0.494 e. The van der Waals surface area contributed by atoms with E-state index in [1.807, 2.05) is 39.0 Å². The molecular formula is C19H23N5O3. The summed E-state index contributed by atoms with van der Waals surface area (Å²) >= 11 is 0. The monoisotopic (exact) mass is 369 g/mol. The molecule has 0 atom stereocenters. The van der Waals surface area contributed by atoms with E-state index in [-0.39, 0.29) is 23.3 Å². The number of aromatic nitrogens is 4. The van der Waals surface area contributed by atoms with Gasteiger partial charge in [0.2, 0.25) is 17.8 Å². The number of nitrogens with zero attached hydrogens (tertiary/aromatic N) is 3. The van der Waals surface area contributed by atoms with Crippen molar-refractivity contribution in [2.24, 2.45) is 0 Å². The first-order valence-electron chi connectivity index (χ1n) is 9.02. The van der Waals surface area contributed by atoms with Crippen molar-refractivity contribution in [2.45, 2.75) is 40.0 Å². The lowest BCUT2D eigenvalue weighted by Gasteiger charge is -2.10. The minimum atomic E-state index is -0.364. The van der Waals surface area contributed by atoms with Crippen LogP contribution in [0.5, 0.6) is 11.6 Å². The van der Waals surface area contributed by atoms with Crippen molar-refractivity contribution in [1.29, 1.82) is 0 Å². The zero-order valence-corrected chi connectivity index (χ0v) is 15.7. The Bertz CT molecular complexity index is 1020. The topological polar surface area (TPSA) is 113 Å². The third kappa shape index (κ3) is 4.16. The molecule has 8 heteroatoms. The second-order valence-electron chi connectivity index (χ2n) is 6.19. The van der Waals surface area contributed by atoms with Crippen molar-refractivity contribution < 1.29 is 9.84 Å². The second kappa shape index (κ2) is 8.03. The largest absolute Gasteiger partial charge is 0.494 e. The highest BCUT2D eigenvalue weighted by Crippen LogP contribution is 2.24. The molecule has 0 fully saturated rings. The number of rotatable bonds is 7. The van der Waals surface area contributed by atoms with Crippen LogP contribution in [0.25, 0.3) is 10.9 Å². The smallest absolute Gasteiger partial charge is 0.259 e. The van der Waals surface area contributed by atoms with Crippen molar-refractivity contribution in [3.05, 3.63) is 39.8 Å². The molecule has 0 unspecified atom stereocenters. The number of aromatic amines is 1. The van der Waals surface area contributed by atoms with E-state index in [1.165, 1.54) is 0 Å². The Kier molecular flexibility index (Phi) is 5.54. The Morgan fingerprint density at radius 1 is 1.22 bits per heavy atom. The summed E-state index contributed by atoms with van der Waals surface area (Å²) in [6.07, 6.45) is 2.22. The molecule has 3 rings (SSSR count). The molecule has 8 nitrogen and oxygen atoms in total. The van der Waals surface area contributed by atoms with Crippen LogP contribution in [0.2, 0.25) is 0 Å². The van der Waals surface area contributed by atoms with E-state index < -0.39 is 0 Å². The lowest BCUT2D eigenvalue weighted by atomic mass is 10.1. The highest BCUT2D eigenvalue weighted by molar-refractivity contribution is 5.83. The molecule has 0 amide bonds. The van der Waals surface area contributed by atoms with Crippen LogP contribution in [0.3, 0.4) is 0 Å². The number of aryl methyl sites for hydroxylation is 1. The van der Waals surface area contributed by atoms with Gasteiger partial charge in [-0.15, -0.1) is 0 Å². The molecule has 27 heavy (non-hydrogen) atoms. The molecule has 0 aliphatic rings. The molecule has 0 aliphatic carbocycles. The van der Waals surface area contributed by atoms with Gasteiger partial charge < -0.3 is 9.84 Å². The molecule has 0 saturated heterocycles. The van der Waals surface area contributed by atoms with E-state index in [4.69, 9.17) is 4.74 Å². The average molecular weight is 369 g/mol. The molecule has 142 valence electrons. The molecular weight excluding hydrogens is 346 g/mol. The minimum absolute atomic E-state index is 0.0995. The molecule has 0 bridgehead atoms. The maximum absolute atomic E-state index is 12.2. The number of aromatic hydroxyl groups is 1. The fraction of sp³-hybridized carbons (Fsp3) is 0.368. The van der Waals surface area contributed by atoms with Crippen LogP contribution >= 0.6 is 0 Å². The Labute approximate surface area is 156 Å². The fourth-order valence-corrected chi connectivity index (χ4v) is 2.80. The molecule has 0 spiro atoms. The number of H-pyrrole nitrogens is 1. The highest BCUT2D eigenvalue weighted by atomic mass is 16.5. The summed E-state index contributed by atoms with van der Waals surface area (Å²) in [5, 5.41) is 13.8. The number of ether oxygens (including phenoxy) is 1. The molecule has 1 aromatic carbocycles. The first-order chi connectivity index (χ1) is 13.0. The fourth-order valence-electron chi connectivity index (χ4n) is 2.80. The molecule has 0 saturated carbocycles. The summed E-state index contributed by atoms with van der Waals surface area (Å²) in [4.78, 5) is 27.7. The summed E-state index contributed by atoms with van der Waals surface area (Å²) in [7, 11) is 0. The summed E-state index contributed by atoms with van der Waals surface area (Å²) in [6, 6.07) is 5.59. The van der Waals surface area contributed by atoms with Crippen LogP contribution in [0.1, 0.15) is 37.9 Å². The van der Waals surface area contributed by atoms with Crippen molar-refractivity contribution in [3.8, 4) is 11.6 Å². The van der Waals surface area contributed by atoms with Crippen molar-refractivity contribution in [2.75, 3.05) is 11.9 Å². The van der Waals surface area contributed by atoms with Gasteiger partial charge in [0.25, 0.3) is 5.56 Å². The van der Waals surface area contributed by atoms with Gasteiger partial charge in [0, 0.05) is 5.39 Å². The van der Waals surface area contributed by atoms with E-state index in [2.05, 4.69) is 25.3 Å². The lowest BCUT2D eigenvalue weighted by molar-refractivity contribution is 0.340. The number of benzene rings is 1. The van der Waals surface area contributed by atoms with Crippen molar-refractivity contribution in [1.82, 2.24) is 19.9 Å². The number of hydrogen-bond donors (Lipinski definition) is 3. The standard InChI is InChI=1S/C19H23N5O3/c1-4-6-7-13-16(25)22-19(23-17(13)26)24-18-20-11(3)14-10-12(27-5-2)8-9-15(14)21-18/h8-10H,4-7H2,1-3H3,(H3,20,21,22,23,24,25,26). The van der Waals surface area contributed by atoms with Gasteiger partial charge >= 0.3 is 0 Å². The van der Waals surface area contributed by atoms with E-state index in [9.17, 15) is 9.90 Å². The van der Waals surface area contributed by atoms with E-state index >= 15 is 0 Å². The average Bonchev–Trinajstić information content (AvgIpc) is 2.62. The third-order valence-corrected chi connectivity index (χ3v) is 4.17. The maximum Gasteiger partial charge on any atom is 0.259 e. The molecule has 2 heterocycles. The van der Waals surface area contributed by atoms with E-state index in [0.29, 0.717) is 18.6 Å². The van der Waals surface area contributed by atoms with Gasteiger partial charge in [0.05, 0.1) is 23.4 Å². The van der Waals surface area contributed by atoms with Crippen LogP contribution in [-0.2, 0) is 6.42 Å². The molecule has 3 N–H and O–H groups in total. The van der Waals surface area contributed by atoms with Gasteiger partial charge in [-0.05, 0) is 44.9 Å². The highest BCUT2D eigenvalue weighted by Gasteiger charge is 2.12. The third-order valence-electron chi connectivity index (χ3n) is 4.17. The summed E-state index contributed by atoms with van der Waals surface area (Å²) in [5.41, 5.74) is 1.42. The van der Waals surface area contributed by atoms with Crippen LogP contribution in [0.15, 0.2) is 23.0 Å². The molecule has 3 aromatic rings. The maximum atomic E-state index is 12.2. The van der Waals surface area contributed by atoms with Crippen LogP contribution in [0, 0.1) is 6.92 Å². The first-order valence-corrected chi connectivity index (χ1v) is 9.02. The van der Waals surface area contributed by atoms with Gasteiger partial charge in [-0.25, -0.2) is 9.97 Å². The van der Waals surface area contributed by atoms with E-state index in [1.54, 1.807) is 0 Å². The number of nitrogens with one attached hydrogen (secondary N) is 2. The Morgan fingerprint density at radius 3 is 2.74 bits per heavy atom. The number of unbranched alkanes of at least 4 members (excludes halogenated alkanes) is 1. The lowest BCUT2D eigenvalue weighted by Crippen LogP contribution is -2.16. The van der Waals surface area contributed by atoms with Gasteiger partial charge in [-0.1, -0.05) is 13.3 Å². The Hall–Kier alpha value is -3.16. The molecule has 0 aliphatic heterocycles. The number of anilines is 2.